The second kappa shape index (κ2) is 6.63. The summed E-state index contributed by atoms with van der Waals surface area (Å²) in [6.07, 6.45) is 2.61. The lowest BCUT2D eigenvalue weighted by atomic mass is 10.1. The third kappa shape index (κ3) is 5.39. The van der Waals surface area contributed by atoms with Crippen LogP contribution < -0.4 is 0 Å². The minimum atomic E-state index is -3.60. The van der Waals surface area contributed by atoms with E-state index in [-0.39, 0.29) is 12.7 Å². The number of rotatable bonds is 5. The Balaban J connectivity index is 2.15. The molecule has 1 aliphatic heterocycles. The quantitative estimate of drug-likeness (QED) is 0.702. The molecule has 0 bridgehead atoms. The van der Waals surface area contributed by atoms with Crippen LogP contribution >= 0.6 is 0 Å². The van der Waals surface area contributed by atoms with Crippen LogP contribution in [0.3, 0.4) is 0 Å². The Kier molecular flexibility index (Phi) is 5.46. The highest BCUT2D eigenvalue weighted by atomic mass is 19.3. The average Bonchev–Trinajstić information content (AvgIpc) is 2.33. The number of ether oxygens (including phenoxy) is 3. The number of hydrogen-bond donors (Lipinski definition) is 0. The first-order chi connectivity index (χ1) is 8.39. The first-order valence-corrected chi connectivity index (χ1v) is 5.72. The van der Waals surface area contributed by atoms with Gasteiger partial charge in [-0.25, -0.2) is 9.59 Å². The highest BCUT2D eigenvalue weighted by molar-refractivity contribution is 5.80. The van der Waals surface area contributed by atoms with Gasteiger partial charge in [0.2, 0.25) is 0 Å². The van der Waals surface area contributed by atoms with Crippen molar-refractivity contribution in [2.75, 3.05) is 19.8 Å². The molecule has 0 amide bonds. The molecular formula is C11H16F2O5. The van der Waals surface area contributed by atoms with Gasteiger partial charge < -0.3 is 14.2 Å². The fourth-order valence-corrected chi connectivity index (χ4v) is 1.42. The lowest BCUT2D eigenvalue weighted by Crippen LogP contribution is -2.31. The number of alkyl halides is 2. The van der Waals surface area contributed by atoms with Crippen molar-refractivity contribution in [3.63, 3.8) is 0 Å². The molecule has 104 valence electrons. The second-order valence-corrected chi connectivity index (χ2v) is 4.14. The summed E-state index contributed by atoms with van der Waals surface area (Å²) in [7, 11) is 0. The van der Waals surface area contributed by atoms with E-state index in [1.807, 2.05) is 0 Å². The van der Waals surface area contributed by atoms with E-state index in [1.54, 1.807) is 0 Å². The Bertz CT molecular complexity index is 294. The minimum absolute atomic E-state index is 0.0545. The predicted octanol–water partition coefficient (Wildman–Crippen LogP) is 1.30. The van der Waals surface area contributed by atoms with Crippen LogP contribution in [0, 0.1) is 0 Å². The van der Waals surface area contributed by atoms with Gasteiger partial charge in [0, 0.05) is 13.5 Å². The van der Waals surface area contributed by atoms with E-state index in [2.05, 4.69) is 4.74 Å². The van der Waals surface area contributed by atoms with Crippen LogP contribution in [0.5, 0.6) is 0 Å². The van der Waals surface area contributed by atoms with E-state index < -0.39 is 24.5 Å². The Morgan fingerprint density at radius 1 is 1.33 bits per heavy atom. The Morgan fingerprint density at radius 2 is 2.06 bits per heavy atom. The largest absolute Gasteiger partial charge is 0.460 e. The molecule has 1 saturated heterocycles. The van der Waals surface area contributed by atoms with E-state index in [9.17, 15) is 18.4 Å². The molecule has 1 heterocycles. The standard InChI is InChI=1S/C11H16F2O5/c1-11(12,13)10(15)18-7-9(14)17-6-8-4-2-3-5-16-8/h8H,2-7H2,1H3. The maximum absolute atomic E-state index is 12.4. The molecule has 7 heteroatoms. The molecular weight excluding hydrogens is 250 g/mol. The second-order valence-electron chi connectivity index (χ2n) is 4.14. The molecule has 1 fully saturated rings. The maximum atomic E-state index is 12.4. The van der Waals surface area contributed by atoms with Gasteiger partial charge in [-0.2, -0.15) is 8.78 Å². The summed E-state index contributed by atoms with van der Waals surface area (Å²) in [6, 6.07) is 0. The van der Waals surface area contributed by atoms with Crippen LogP contribution in [-0.2, 0) is 23.8 Å². The highest BCUT2D eigenvalue weighted by Gasteiger charge is 2.34. The molecule has 0 aromatic rings. The van der Waals surface area contributed by atoms with E-state index >= 15 is 0 Å². The van der Waals surface area contributed by atoms with Gasteiger partial charge in [-0.1, -0.05) is 0 Å². The molecule has 0 aliphatic carbocycles. The Hall–Kier alpha value is -1.24. The molecule has 0 N–H and O–H groups in total. The van der Waals surface area contributed by atoms with Crippen molar-refractivity contribution in [3.05, 3.63) is 0 Å². The fraction of sp³-hybridized carbons (Fsp3) is 0.818. The fourth-order valence-electron chi connectivity index (χ4n) is 1.42. The zero-order valence-electron chi connectivity index (χ0n) is 10.1. The lowest BCUT2D eigenvalue weighted by molar-refractivity contribution is -0.176. The molecule has 1 unspecified atom stereocenters. The summed E-state index contributed by atoms with van der Waals surface area (Å²) in [4.78, 5) is 21.8. The summed E-state index contributed by atoms with van der Waals surface area (Å²) < 4.78 is 39.0. The molecule has 0 aromatic heterocycles. The molecule has 0 radical (unpaired) electrons. The molecule has 0 spiro atoms. The monoisotopic (exact) mass is 266 g/mol. The lowest BCUT2D eigenvalue weighted by Gasteiger charge is -2.22. The van der Waals surface area contributed by atoms with E-state index in [0.717, 1.165) is 19.3 Å². The number of carbonyl (C=O) groups is 2. The van der Waals surface area contributed by atoms with Crippen LogP contribution in [0.1, 0.15) is 26.2 Å². The molecule has 0 aromatic carbocycles. The van der Waals surface area contributed by atoms with Crippen molar-refractivity contribution in [1.29, 1.82) is 0 Å². The smallest absolute Gasteiger partial charge is 0.377 e. The zero-order valence-corrected chi connectivity index (χ0v) is 10.1. The van der Waals surface area contributed by atoms with Crippen LogP contribution in [0.25, 0.3) is 0 Å². The third-order valence-electron chi connectivity index (χ3n) is 2.38. The first kappa shape index (κ1) is 14.8. The van der Waals surface area contributed by atoms with Crippen molar-refractivity contribution >= 4 is 11.9 Å². The number of halogens is 2. The molecule has 5 nitrogen and oxygen atoms in total. The number of carbonyl (C=O) groups excluding carboxylic acids is 2. The van der Waals surface area contributed by atoms with Gasteiger partial charge in [-0.15, -0.1) is 0 Å². The van der Waals surface area contributed by atoms with Gasteiger partial charge in [-0.05, 0) is 19.3 Å². The number of hydrogen-bond acceptors (Lipinski definition) is 5. The molecule has 1 aliphatic rings. The summed E-state index contributed by atoms with van der Waals surface area (Å²) in [5.74, 6) is -6.21. The summed E-state index contributed by atoms with van der Waals surface area (Å²) in [5, 5.41) is 0. The maximum Gasteiger partial charge on any atom is 0.377 e. The number of esters is 2. The van der Waals surface area contributed by atoms with E-state index in [0.29, 0.717) is 13.5 Å². The SMILES string of the molecule is CC(F)(F)C(=O)OCC(=O)OCC1CCCCO1. The van der Waals surface area contributed by atoms with Crippen molar-refractivity contribution in [1.82, 2.24) is 0 Å². The summed E-state index contributed by atoms with van der Waals surface area (Å²) in [5.41, 5.74) is 0. The Morgan fingerprint density at radius 3 is 2.61 bits per heavy atom. The summed E-state index contributed by atoms with van der Waals surface area (Å²) >= 11 is 0. The van der Waals surface area contributed by atoms with Crippen LogP contribution in [0.2, 0.25) is 0 Å². The topological polar surface area (TPSA) is 61.8 Å². The first-order valence-electron chi connectivity index (χ1n) is 5.72. The van der Waals surface area contributed by atoms with Crippen LogP contribution in [-0.4, -0.2) is 43.8 Å². The predicted molar refractivity (Wildman–Crippen MR) is 56.1 cm³/mol. The molecule has 0 saturated carbocycles. The van der Waals surface area contributed by atoms with Gasteiger partial charge in [0.25, 0.3) is 0 Å². The zero-order chi connectivity index (χ0) is 13.6. The van der Waals surface area contributed by atoms with Gasteiger partial charge in [0.15, 0.2) is 6.61 Å². The van der Waals surface area contributed by atoms with Crippen LogP contribution in [0.4, 0.5) is 8.78 Å². The summed E-state index contributed by atoms with van der Waals surface area (Å²) in [6.45, 7) is 0.268. The molecule has 1 rings (SSSR count). The normalized spacial score (nSPS) is 20.3. The third-order valence-corrected chi connectivity index (χ3v) is 2.38. The van der Waals surface area contributed by atoms with Crippen molar-refractivity contribution in [3.8, 4) is 0 Å². The minimum Gasteiger partial charge on any atom is -0.460 e. The van der Waals surface area contributed by atoms with Crippen molar-refractivity contribution in [2.24, 2.45) is 0 Å². The average molecular weight is 266 g/mol. The van der Waals surface area contributed by atoms with E-state index in [4.69, 9.17) is 9.47 Å². The van der Waals surface area contributed by atoms with Crippen molar-refractivity contribution < 1.29 is 32.6 Å². The van der Waals surface area contributed by atoms with Gasteiger partial charge >= 0.3 is 17.9 Å². The molecule has 18 heavy (non-hydrogen) atoms. The highest BCUT2D eigenvalue weighted by Crippen LogP contribution is 2.14. The van der Waals surface area contributed by atoms with E-state index in [1.165, 1.54) is 0 Å². The van der Waals surface area contributed by atoms with Gasteiger partial charge in [0.05, 0.1) is 6.10 Å². The Labute approximate surface area is 103 Å². The van der Waals surface area contributed by atoms with Crippen LogP contribution in [0.15, 0.2) is 0 Å². The van der Waals surface area contributed by atoms with Gasteiger partial charge in [0.1, 0.15) is 6.61 Å². The molecule has 1 atom stereocenters. The van der Waals surface area contributed by atoms with Gasteiger partial charge in [-0.3, -0.25) is 0 Å². The van der Waals surface area contributed by atoms with Crippen molar-refractivity contribution in [2.45, 2.75) is 38.2 Å².